The van der Waals surface area contributed by atoms with E-state index in [0.717, 1.165) is 22.3 Å². The zero-order valence-corrected chi connectivity index (χ0v) is 14.8. The van der Waals surface area contributed by atoms with Gasteiger partial charge in [-0.2, -0.15) is 0 Å². The first-order chi connectivity index (χ1) is 12.5. The minimum atomic E-state index is -0.294. The van der Waals surface area contributed by atoms with Crippen molar-refractivity contribution in [2.24, 2.45) is 0 Å². The largest absolute Gasteiger partial charge is 0.459 e. The number of para-hydroxylation sites is 1. The highest BCUT2D eigenvalue weighted by Crippen LogP contribution is 2.25. The van der Waals surface area contributed by atoms with Crippen LogP contribution in [0.2, 0.25) is 0 Å². The molecule has 0 aliphatic heterocycles. The van der Waals surface area contributed by atoms with E-state index in [-0.39, 0.29) is 17.9 Å². The van der Waals surface area contributed by atoms with Crippen LogP contribution in [0.3, 0.4) is 0 Å². The quantitative estimate of drug-likeness (QED) is 0.709. The zero-order chi connectivity index (χ0) is 18.5. The van der Waals surface area contributed by atoms with Gasteiger partial charge in [0.05, 0.1) is 6.04 Å². The van der Waals surface area contributed by atoms with Gasteiger partial charge in [0.15, 0.2) is 0 Å². The Morgan fingerprint density at radius 2 is 1.85 bits per heavy atom. The van der Waals surface area contributed by atoms with Crippen LogP contribution in [0.1, 0.15) is 17.4 Å². The van der Waals surface area contributed by atoms with Crippen molar-refractivity contribution in [3.63, 3.8) is 0 Å². The minimum Gasteiger partial charge on any atom is -0.459 e. The average Bonchev–Trinajstić information content (AvgIpc) is 3.04. The number of urea groups is 1. The molecule has 6 heteroatoms. The van der Waals surface area contributed by atoms with Crippen LogP contribution in [-0.2, 0) is 6.54 Å². The molecule has 0 fully saturated rings. The topological polar surface area (TPSA) is 57.5 Å². The van der Waals surface area contributed by atoms with Crippen molar-refractivity contribution in [2.75, 3.05) is 20.6 Å². The smallest absolute Gasteiger partial charge is 0.315 e. The third-order valence-corrected chi connectivity index (χ3v) is 4.22. The number of benzene rings is 2. The van der Waals surface area contributed by atoms with Gasteiger partial charge in [-0.25, -0.2) is 9.18 Å². The van der Waals surface area contributed by atoms with Gasteiger partial charge in [-0.1, -0.05) is 30.3 Å². The lowest BCUT2D eigenvalue weighted by Gasteiger charge is -2.22. The summed E-state index contributed by atoms with van der Waals surface area (Å²) in [6.07, 6.45) is 0. The predicted molar refractivity (Wildman–Crippen MR) is 99.3 cm³/mol. The van der Waals surface area contributed by atoms with E-state index in [0.29, 0.717) is 13.1 Å². The van der Waals surface area contributed by atoms with Crippen LogP contribution in [-0.4, -0.2) is 31.6 Å². The van der Waals surface area contributed by atoms with Gasteiger partial charge in [0, 0.05) is 18.5 Å². The van der Waals surface area contributed by atoms with E-state index < -0.39 is 0 Å². The summed E-state index contributed by atoms with van der Waals surface area (Å²) in [6, 6.07) is 15.5. The highest BCUT2D eigenvalue weighted by molar-refractivity contribution is 5.78. The second-order valence-corrected chi connectivity index (χ2v) is 6.36. The van der Waals surface area contributed by atoms with Gasteiger partial charge in [-0.3, -0.25) is 4.90 Å². The van der Waals surface area contributed by atoms with Crippen LogP contribution >= 0.6 is 0 Å². The third kappa shape index (κ3) is 4.40. The van der Waals surface area contributed by atoms with Gasteiger partial charge in [0.25, 0.3) is 0 Å². The molecule has 0 saturated heterocycles. The van der Waals surface area contributed by atoms with Crippen molar-refractivity contribution in [1.82, 2.24) is 15.5 Å². The van der Waals surface area contributed by atoms with E-state index in [1.165, 1.54) is 12.1 Å². The van der Waals surface area contributed by atoms with Crippen LogP contribution in [0.25, 0.3) is 11.0 Å². The van der Waals surface area contributed by atoms with Gasteiger partial charge in [0.1, 0.15) is 17.2 Å². The molecule has 3 rings (SSSR count). The number of hydrogen-bond donors (Lipinski definition) is 2. The van der Waals surface area contributed by atoms with Crippen molar-refractivity contribution in [2.45, 2.75) is 12.6 Å². The monoisotopic (exact) mass is 355 g/mol. The van der Waals surface area contributed by atoms with Gasteiger partial charge < -0.3 is 15.1 Å². The van der Waals surface area contributed by atoms with Crippen molar-refractivity contribution in [3.8, 4) is 0 Å². The zero-order valence-electron chi connectivity index (χ0n) is 14.8. The second kappa shape index (κ2) is 8.01. The lowest BCUT2D eigenvalue weighted by Crippen LogP contribution is -2.40. The Morgan fingerprint density at radius 3 is 2.54 bits per heavy atom. The van der Waals surface area contributed by atoms with Crippen LogP contribution in [0, 0.1) is 5.82 Å². The minimum absolute atomic E-state index is 0.0843. The molecule has 0 radical (unpaired) electrons. The van der Waals surface area contributed by atoms with Gasteiger partial charge in [-0.15, -0.1) is 0 Å². The summed E-state index contributed by atoms with van der Waals surface area (Å²) in [5, 5.41) is 6.67. The molecule has 0 bridgehead atoms. The molecule has 2 N–H and O–H groups in total. The number of fused-ring (bicyclic) bond motifs is 1. The standard InChI is InChI=1S/C20H22FN3O2/c1-24(2)17(19-11-15-5-3-4-6-18(15)26-19)13-23-20(25)22-12-14-7-9-16(21)10-8-14/h3-11,17H,12-13H2,1-2H3,(H2,22,23,25)/t17-/m1/s1. The Labute approximate surface area is 151 Å². The number of carbonyl (C=O) groups is 1. The van der Waals surface area contributed by atoms with Crippen LogP contribution in [0.4, 0.5) is 9.18 Å². The molecule has 1 atom stereocenters. The summed E-state index contributed by atoms with van der Waals surface area (Å²) >= 11 is 0. The van der Waals surface area contributed by atoms with Crippen molar-refractivity contribution < 1.29 is 13.6 Å². The number of halogens is 1. The van der Waals surface area contributed by atoms with E-state index >= 15 is 0 Å². The fraction of sp³-hybridized carbons (Fsp3) is 0.250. The van der Waals surface area contributed by atoms with Crippen molar-refractivity contribution >= 4 is 17.0 Å². The molecule has 0 aliphatic carbocycles. The second-order valence-electron chi connectivity index (χ2n) is 6.36. The Kier molecular flexibility index (Phi) is 5.53. The highest BCUT2D eigenvalue weighted by atomic mass is 19.1. The fourth-order valence-electron chi connectivity index (χ4n) is 2.74. The number of rotatable bonds is 6. The molecule has 26 heavy (non-hydrogen) atoms. The lowest BCUT2D eigenvalue weighted by molar-refractivity contribution is 0.226. The van der Waals surface area contributed by atoms with E-state index in [1.54, 1.807) is 12.1 Å². The SMILES string of the molecule is CN(C)[C@H](CNC(=O)NCc1ccc(F)cc1)c1cc2ccccc2o1. The van der Waals surface area contributed by atoms with Gasteiger partial charge in [-0.05, 0) is 43.9 Å². The summed E-state index contributed by atoms with van der Waals surface area (Å²) in [6.45, 7) is 0.742. The van der Waals surface area contributed by atoms with Gasteiger partial charge in [0.2, 0.25) is 0 Å². The molecular weight excluding hydrogens is 333 g/mol. The molecule has 2 aromatic carbocycles. The number of furan rings is 1. The Bertz CT molecular complexity index is 841. The number of amides is 2. The predicted octanol–water partition coefficient (Wildman–Crippen LogP) is 3.67. The summed E-state index contributed by atoms with van der Waals surface area (Å²) in [4.78, 5) is 14.1. The average molecular weight is 355 g/mol. The first-order valence-electron chi connectivity index (χ1n) is 8.44. The normalized spacial score (nSPS) is 12.3. The maximum atomic E-state index is 12.9. The number of carbonyl (C=O) groups excluding carboxylic acids is 1. The molecular formula is C20H22FN3O2. The van der Waals surface area contributed by atoms with E-state index in [2.05, 4.69) is 10.6 Å². The van der Waals surface area contributed by atoms with Crippen LogP contribution < -0.4 is 10.6 Å². The van der Waals surface area contributed by atoms with E-state index in [1.807, 2.05) is 49.3 Å². The van der Waals surface area contributed by atoms with Crippen molar-refractivity contribution in [3.05, 3.63) is 71.7 Å². The lowest BCUT2D eigenvalue weighted by atomic mass is 10.2. The Hall–Kier alpha value is -2.86. The first-order valence-corrected chi connectivity index (χ1v) is 8.44. The van der Waals surface area contributed by atoms with E-state index in [4.69, 9.17) is 4.42 Å². The van der Waals surface area contributed by atoms with Crippen molar-refractivity contribution in [1.29, 1.82) is 0 Å². The summed E-state index contributed by atoms with van der Waals surface area (Å²) < 4.78 is 18.8. The molecule has 5 nitrogen and oxygen atoms in total. The molecule has 3 aromatic rings. The molecule has 1 aromatic heterocycles. The summed E-state index contributed by atoms with van der Waals surface area (Å²) in [5.41, 5.74) is 1.66. The maximum Gasteiger partial charge on any atom is 0.315 e. The van der Waals surface area contributed by atoms with E-state index in [9.17, 15) is 9.18 Å². The molecule has 1 heterocycles. The highest BCUT2D eigenvalue weighted by Gasteiger charge is 2.19. The summed E-state index contributed by atoms with van der Waals surface area (Å²) in [5.74, 6) is 0.507. The molecule has 0 unspecified atom stereocenters. The third-order valence-electron chi connectivity index (χ3n) is 4.22. The van der Waals surface area contributed by atoms with Crippen LogP contribution in [0.5, 0.6) is 0 Å². The number of hydrogen-bond acceptors (Lipinski definition) is 3. The molecule has 0 spiro atoms. The first kappa shape index (κ1) is 17.9. The molecule has 0 saturated carbocycles. The molecule has 2 amide bonds. The fourth-order valence-corrected chi connectivity index (χ4v) is 2.74. The molecule has 136 valence electrons. The maximum absolute atomic E-state index is 12.9. The Morgan fingerprint density at radius 1 is 1.12 bits per heavy atom. The van der Waals surface area contributed by atoms with Crippen LogP contribution in [0.15, 0.2) is 59.0 Å². The number of nitrogens with zero attached hydrogens (tertiary/aromatic N) is 1. The van der Waals surface area contributed by atoms with Gasteiger partial charge >= 0.3 is 6.03 Å². The summed E-state index contributed by atoms with van der Waals surface area (Å²) in [7, 11) is 3.88. The number of nitrogens with one attached hydrogen (secondary N) is 2. The number of likely N-dealkylation sites (N-methyl/N-ethyl adjacent to an activating group) is 1. The molecule has 0 aliphatic rings. The Balaban J connectivity index is 1.58.